The Balaban J connectivity index is 1.49. The molecule has 2 atom stereocenters. The molecule has 30 heavy (non-hydrogen) atoms. The molecule has 0 radical (unpaired) electrons. The fourth-order valence-corrected chi connectivity index (χ4v) is 5.14. The van der Waals surface area contributed by atoms with Crippen molar-refractivity contribution in [1.29, 1.82) is 0 Å². The molecule has 0 unspecified atom stereocenters. The van der Waals surface area contributed by atoms with Crippen molar-refractivity contribution in [2.75, 3.05) is 26.2 Å². The van der Waals surface area contributed by atoms with Gasteiger partial charge in [0.05, 0.1) is 16.4 Å². The van der Waals surface area contributed by atoms with Gasteiger partial charge in [0.15, 0.2) is 0 Å². The van der Waals surface area contributed by atoms with Crippen LogP contribution in [0.5, 0.6) is 0 Å². The molecular weight excluding hydrogens is 376 g/mol. The van der Waals surface area contributed by atoms with Crippen LogP contribution in [-0.2, 0) is 14.1 Å². The summed E-state index contributed by atoms with van der Waals surface area (Å²) >= 11 is 0. The van der Waals surface area contributed by atoms with Crippen LogP contribution < -0.4 is 10.9 Å². The molecule has 1 aliphatic rings. The van der Waals surface area contributed by atoms with Crippen LogP contribution in [0.4, 0.5) is 0 Å². The summed E-state index contributed by atoms with van der Waals surface area (Å²) in [7, 11) is 3.64. The van der Waals surface area contributed by atoms with Crippen molar-refractivity contribution in [2.24, 2.45) is 25.9 Å². The monoisotopic (exact) mass is 408 g/mol. The zero-order valence-electron chi connectivity index (χ0n) is 18.4. The highest BCUT2D eigenvalue weighted by Crippen LogP contribution is 2.25. The Labute approximate surface area is 177 Å². The normalized spacial score (nSPS) is 20.1. The number of para-hydroxylation sites is 1. The lowest BCUT2D eigenvalue weighted by Gasteiger charge is -2.34. The van der Waals surface area contributed by atoms with E-state index in [9.17, 15) is 9.59 Å². The standard InChI is InChI=1S/C24H32N4O2/c1-16-12-17(2)15-28(14-16)11-7-10-25-23(29)21-13-19-22(26(21)3)18-8-5-6-9-20(18)27(4)24(19)30/h5-6,8-9,13,16-17H,7,10-12,14-15H2,1-4H3,(H,25,29)/t16-,17+. The van der Waals surface area contributed by atoms with Crippen LogP contribution in [0.15, 0.2) is 35.1 Å². The van der Waals surface area contributed by atoms with Gasteiger partial charge >= 0.3 is 0 Å². The number of nitrogens with one attached hydrogen (secondary N) is 1. The van der Waals surface area contributed by atoms with E-state index >= 15 is 0 Å². The van der Waals surface area contributed by atoms with E-state index < -0.39 is 0 Å². The average molecular weight is 409 g/mol. The minimum atomic E-state index is -0.125. The maximum absolute atomic E-state index is 12.9. The molecule has 0 bridgehead atoms. The maximum atomic E-state index is 12.9. The van der Waals surface area contributed by atoms with E-state index in [4.69, 9.17) is 0 Å². The van der Waals surface area contributed by atoms with E-state index in [0.29, 0.717) is 17.6 Å². The third-order valence-electron chi connectivity index (χ3n) is 6.40. The number of nitrogens with zero attached hydrogens (tertiary/aromatic N) is 3. The first kappa shape index (κ1) is 20.7. The first-order valence-corrected chi connectivity index (χ1v) is 10.9. The number of carbonyl (C=O) groups excluding carboxylic acids is 1. The van der Waals surface area contributed by atoms with Gasteiger partial charge < -0.3 is 19.4 Å². The largest absolute Gasteiger partial charge is 0.351 e. The molecule has 1 aliphatic heterocycles. The molecule has 0 spiro atoms. The summed E-state index contributed by atoms with van der Waals surface area (Å²) in [6.45, 7) is 8.58. The zero-order valence-corrected chi connectivity index (χ0v) is 18.4. The number of amides is 1. The van der Waals surface area contributed by atoms with Crippen LogP contribution >= 0.6 is 0 Å². The van der Waals surface area contributed by atoms with E-state index in [2.05, 4.69) is 24.1 Å². The Morgan fingerprint density at radius 1 is 1.07 bits per heavy atom. The molecule has 2 aromatic heterocycles. The Hall–Kier alpha value is -2.60. The van der Waals surface area contributed by atoms with Gasteiger partial charge in [-0.2, -0.15) is 0 Å². The van der Waals surface area contributed by atoms with E-state index in [1.165, 1.54) is 6.42 Å². The predicted octanol–water partition coefficient (Wildman–Crippen LogP) is 3.13. The van der Waals surface area contributed by atoms with Crippen LogP contribution in [0.1, 0.15) is 37.2 Å². The molecule has 3 heterocycles. The molecule has 3 aromatic rings. The summed E-state index contributed by atoms with van der Waals surface area (Å²) in [6, 6.07) is 9.55. The second-order valence-corrected chi connectivity index (χ2v) is 9.05. The minimum absolute atomic E-state index is 0.0771. The van der Waals surface area contributed by atoms with E-state index in [-0.39, 0.29) is 11.5 Å². The van der Waals surface area contributed by atoms with Crippen molar-refractivity contribution in [2.45, 2.75) is 26.7 Å². The zero-order chi connectivity index (χ0) is 21.4. The number of rotatable bonds is 5. The van der Waals surface area contributed by atoms with Crippen molar-refractivity contribution >= 4 is 27.7 Å². The van der Waals surface area contributed by atoms with Crippen molar-refractivity contribution in [3.63, 3.8) is 0 Å². The number of hydrogen-bond donors (Lipinski definition) is 1. The summed E-state index contributed by atoms with van der Waals surface area (Å²) in [5.74, 6) is 1.37. The molecule has 1 fully saturated rings. The molecular formula is C24H32N4O2. The molecule has 1 amide bonds. The molecule has 160 valence electrons. The number of piperidine rings is 1. The second kappa shape index (κ2) is 8.26. The molecule has 1 aromatic carbocycles. The number of hydrogen-bond acceptors (Lipinski definition) is 3. The topological polar surface area (TPSA) is 59.3 Å². The number of aromatic nitrogens is 2. The van der Waals surface area contributed by atoms with Gasteiger partial charge in [-0.3, -0.25) is 9.59 Å². The number of aryl methyl sites for hydroxylation is 2. The lowest BCUT2D eigenvalue weighted by atomic mass is 9.92. The van der Waals surface area contributed by atoms with E-state index in [0.717, 1.165) is 54.3 Å². The molecule has 1 saturated heterocycles. The second-order valence-electron chi connectivity index (χ2n) is 9.05. The molecule has 6 heteroatoms. The van der Waals surface area contributed by atoms with Gasteiger partial charge in [-0.15, -0.1) is 0 Å². The van der Waals surface area contributed by atoms with Crippen molar-refractivity contribution in [1.82, 2.24) is 19.4 Å². The molecule has 6 nitrogen and oxygen atoms in total. The van der Waals surface area contributed by atoms with Gasteiger partial charge in [-0.05, 0) is 43.4 Å². The lowest BCUT2D eigenvalue weighted by Crippen LogP contribution is -2.40. The highest BCUT2D eigenvalue weighted by atomic mass is 16.2. The Kier molecular flexibility index (Phi) is 5.69. The van der Waals surface area contributed by atoms with Crippen LogP contribution in [0.25, 0.3) is 21.8 Å². The SMILES string of the molecule is C[C@@H]1C[C@H](C)CN(CCCNC(=O)c2cc3c(=O)n(C)c4ccccc4c3n2C)C1. The fraction of sp³-hybridized carbons (Fsp3) is 0.500. The van der Waals surface area contributed by atoms with Gasteiger partial charge in [0.25, 0.3) is 11.5 Å². The number of pyridine rings is 1. The van der Waals surface area contributed by atoms with Crippen LogP contribution in [0, 0.1) is 11.8 Å². The van der Waals surface area contributed by atoms with Gasteiger partial charge in [0.1, 0.15) is 5.69 Å². The van der Waals surface area contributed by atoms with Crippen LogP contribution in [-0.4, -0.2) is 46.1 Å². The fourth-order valence-electron chi connectivity index (χ4n) is 5.14. The lowest BCUT2D eigenvalue weighted by molar-refractivity contribution is 0.0939. The number of carbonyl (C=O) groups is 1. The Bertz CT molecular complexity index is 1130. The van der Waals surface area contributed by atoms with Gasteiger partial charge in [-0.25, -0.2) is 0 Å². The highest BCUT2D eigenvalue weighted by Gasteiger charge is 2.22. The first-order valence-electron chi connectivity index (χ1n) is 10.9. The van der Waals surface area contributed by atoms with Crippen molar-refractivity contribution < 1.29 is 4.79 Å². The smallest absolute Gasteiger partial charge is 0.267 e. The Morgan fingerprint density at radius 2 is 1.77 bits per heavy atom. The summed E-state index contributed by atoms with van der Waals surface area (Å²) in [5.41, 5.74) is 2.13. The van der Waals surface area contributed by atoms with Gasteiger partial charge in [0, 0.05) is 39.1 Å². The first-order chi connectivity index (χ1) is 14.4. The minimum Gasteiger partial charge on any atom is -0.351 e. The Morgan fingerprint density at radius 3 is 2.50 bits per heavy atom. The summed E-state index contributed by atoms with van der Waals surface area (Å²) in [4.78, 5) is 28.2. The van der Waals surface area contributed by atoms with Gasteiger partial charge in [0.2, 0.25) is 0 Å². The summed E-state index contributed by atoms with van der Waals surface area (Å²) < 4.78 is 3.50. The molecule has 0 aliphatic carbocycles. The molecule has 4 rings (SSSR count). The predicted molar refractivity (Wildman–Crippen MR) is 122 cm³/mol. The summed E-state index contributed by atoms with van der Waals surface area (Å²) in [6.07, 6.45) is 2.24. The number of benzene rings is 1. The van der Waals surface area contributed by atoms with E-state index in [1.54, 1.807) is 17.7 Å². The average Bonchev–Trinajstić information content (AvgIpc) is 3.06. The third kappa shape index (κ3) is 3.76. The highest BCUT2D eigenvalue weighted by molar-refractivity contribution is 6.08. The third-order valence-corrected chi connectivity index (χ3v) is 6.40. The molecule has 1 N–H and O–H groups in total. The quantitative estimate of drug-likeness (QED) is 0.660. The van der Waals surface area contributed by atoms with Crippen molar-refractivity contribution in [3.05, 3.63) is 46.4 Å². The maximum Gasteiger partial charge on any atom is 0.267 e. The molecule has 0 saturated carbocycles. The number of likely N-dealkylation sites (tertiary alicyclic amines) is 1. The van der Waals surface area contributed by atoms with E-state index in [1.807, 2.05) is 35.9 Å². The van der Waals surface area contributed by atoms with Crippen LogP contribution in [0.3, 0.4) is 0 Å². The summed E-state index contributed by atoms with van der Waals surface area (Å²) in [5, 5.41) is 4.61. The van der Waals surface area contributed by atoms with Gasteiger partial charge in [-0.1, -0.05) is 32.0 Å². The number of fused-ring (bicyclic) bond motifs is 3. The van der Waals surface area contributed by atoms with Crippen molar-refractivity contribution in [3.8, 4) is 0 Å². The van der Waals surface area contributed by atoms with Crippen LogP contribution in [0.2, 0.25) is 0 Å².